The maximum absolute atomic E-state index is 5.73. The highest BCUT2D eigenvalue weighted by molar-refractivity contribution is 5.58. The first-order valence-electron chi connectivity index (χ1n) is 5.75. The average Bonchev–Trinajstić information content (AvgIpc) is 2.69. The highest BCUT2D eigenvalue weighted by Gasteiger charge is 2.10. The van der Waals surface area contributed by atoms with E-state index in [1.54, 1.807) is 0 Å². The van der Waals surface area contributed by atoms with Crippen LogP contribution in [-0.2, 0) is 0 Å². The zero-order valence-electron chi connectivity index (χ0n) is 10.4. The quantitative estimate of drug-likeness (QED) is 0.791. The second kappa shape index (κ2) is 4.53. The fraction of sp³-hybridized carbons (Fsp3) is 0.286. The van der Waals surface area contributed by atoms with Gasteiger partial charge in [-0.3, -0.25) is 0 Å². The number of hydrogen-bond donors (Lipinski definition) is 2. The minimum Gasteiger partial charge on any atom is -0.464 e. The van der Waals surface area contributed by atoms with Crippen molar-refractivity contribution in [3.8, 4) is 0 Å². The first-order valence-corrected chi connectivity index (χ1v) is 5.75. The standard InChI is InChI=1S/C14H18N2O/c1-9-8-12(15)5-6-13(9)16-11(3)14-7-4-10(2)17-14/h4-8,11,16H,15H2,1-3H3. The van der Waals surface area contributed by atoms with Crippen LogP contribution in [0.15, 0.2) is 34.7 Å². The number of benzene rings is 1. The summed E-state index contributed by atoms with van der Waals surface area (Å²) >= 11 is 0. The van der Waals surface area contributed by atoms with Crippen molar-refractivity contribution in [2.75, 3.05) is 11.1 Å². The van der Waals surface area contributed by atoms with Crippen LogP contribution in [-0.4, -0.2) is 0 Å². The number of nitrogen functional groups attached to an aromatic ring is 1. The van der Waals surface area contributed by atoms with E-state index in [2.05, 4.69) is 12.2 Å². The zero-order chi connectivity index (χ0) is 12.4. The third kappa shape index (κ3) is 2.61. The van der Waals surface area contributed by atoms with Crippen LogP contribution in [0.3, 0.4) is 0 Å². The second-order valence-corrected chi connectivity index (χ2v) is 4.39. The molecule has 0 spiro atoms. The SMILES string of the molecule is Cc1ccc(C(C)Nc2ccc(N)cc2C)o1. The number of nitrogens with two attached hydrogens (primary N) is 1. The topological polar surface area (TPSA) is 51.2 Å². The molecule has 0 aliphatic heterocycles. The van der Waals surface area contributed by atoms with E-state index in [1.807, 2.05) is 44.2 Å². The Balaban J connectivity index is 2.15. The Morgan fingerprint density at radius 1 is 1.18 bits per heavy atom. The smallest absolute Gasteiger partial charge is 0.126 e. The van der Waals surface area contributed by atoms with Gasteiger partial charge in [0.05, 0.1) is 6.04 Å². The van der Waals surface area contributed by atoms with Gasteiger partial charge in [0, 0.05) is 11.4 Å². The molecule has 17 heavy (non-hydrogen) atoms. The molecule has 2 rings (SSSR count). The molecule has 3 N–H and O–H groups in total. The van der Waals surface area contributed by atoms with E-state index in [1.165, 1.54) is 0 Å². The molecule has 0 radical (unpaired) electrons. The Bertz CT molecular complexity index is 517. The maximum Gasteiger partial charge on any atom is 0.126 e. The summed E-state index contributed by atoms with van der Waals surface area (Å²) in [6.45, 7) is 6.07. The number of furan rings is 1. The molecular weight excluding hydrogens is 212 g/mol. The number of nitrogens with one attached hydrogen (secondary N) is 1. The summed E-state index contributed by atoms with van der Waals surface area (Å²) in [5.41, 5.74) is 8.74. The van der Waals surface area contributed by atoms with Crippen molar-refractivity contribution < 1.29 is 4.42 Å². The molecule has 1 atom stereocenters. The molecule has 0 saturated carbocycles. The third-order valence-electron chi connectivity index (χ3n) is 2.81. The Morgan fingerprint density at radius 2 is 1.94 bits per heavy atom. The number of rotatable bonds is 3. The van der Waals surface area contributed by atoms with Crippen molar-refractivity contribution in [3.63, 3.8) is 0 Å². The number of anilines is 2. The highest BCUT2D eigenvalue weighted by Crippen LogP contribution is 2.24. The van der Waals surface area contributed by atoms with Gasteiger partial charge in [-0.1, -0.05) is 0 Å². The number of aryl methyl sites for hydroxylation is 2. The molecular formula is C14H18N2O. The van der Waals surface area contributed by atoms with Gasteiger partial charge >= 0.3 is 0 Å². The summed E-state index contributed by atoms with van der Waals surface area (Å²) in [4.78, 5) is 0. The molecule has 0 amide bonds. The monoisotopic (exact) mass is 230 g/mol. The van der Waals surface area contributed by atoms with E-state index in [0.29, 0.717) is 0 Å². The van der Waals surface area contributed by atoms with Gasteiger partial charge < -0.3 is 15.5 Å². The van der Waals surface area contributed by atoms with Crippen LogP contribution in [0.25, 0.3) is 0 Å². The molecule has 3 nitrogen and oxygen atoms in total. The van der Waals surface area contributed by atoms with Gasteiger partial charge in [0.2, 0.25) is 0 Å². The van der Waals surface area contributed by atoms with Crippen molar-refractivity contribution in [2.45, 2.75) is 26.8 Å². The summed E-state index contributed by atoms with van der Waals surface area (Å²) in [7, 11) is 0. The van der Waals surface area contributed by atoms with Crippen LogP contribution >= 0.6 is 0 Å². The van der Waals surface area contributed by atoms with E-state index in [9.17, 15) is 0 Å². The lowest BCUT2D eigenvalue weighted by Gasteiger charge is -2.15. The summed E-state index contributed by atoms with van der Waals surface area (Å²) in [5.74, 6) is 1.88. The predicted octanol–water partition coefficient (Wildman–Crippen LogP) is 3.65. The molecule has 3 heteroatoms. The lowest BCUT2D eigenvalue weighted by Crippen LogP contribution is -2.06. The van der Waals surface area contributed by atoms with E-state index < -0.39 is 0 Å². The van der Waals surface area contributed by atoms with Crippen molar-refractivity contribution in [3.05, 3.63) is 47.4 Å². The normalized spacial score (nSPS) is 12.4. The van der Waals surface area contributed by atoms with Crippen molar-refractivity contribution in [1.29, 1.82) is 0 Å². The summed E-state index contributed by atoms with van der Waals surface area (Å²) < 4.78 is 5.59. The van der Waals surface area contributed by atoms with E-state index >= 15 is 0 Å². The molecule has 1 aromatic heterocycles. The predicted molar refractivity (Wildman–Crippen MR) is 71.1 cm³/mol. The van der Waals surface area contributed by atoms with Gasteiger partial charge in [-0.05, 0) is 56.7 Å². The molecule has 0 aliphatic rings. The van der Waals surface area contributed by atoms with Gasteiger partial charge in [0.1, 0.15) is 11.5 Å². The fourth-order valence-corrected chi connectivity index (χ4v) is 1.84. The summed E-state index contributed by atoms with van der Waals surface area (Å²) in [5, 5.41) is 3.42. The van der Waals surface area contributed by atoms with Gasteiger partial charge in [-0.15, -0.1) is 0 Å². The van der Waals surface area contributed by atoms with Gasteiger partial charge in [-0.2, -0.15) is 0 Å². The third-order valence-corrected chi connectivity index (χ3v) is 2.81. The Kier molecular flexibility index (Phi) is 3.09. The van der Waals surface area contributed by atoms with E-state index in [0.717, 1.165) is 28.5 Å². The lowest BCUT2D eigenvalue weighted by atomic mass is 10.1. The highest BCUT2D eigenvalue weighted by atomic mass is 16.3. The van der Waals surface area contributed by atoms with Crippen LogP contribution in [0.1, 0.15) is 30.0 Å². The Labute approximate surface area is 102 Å². The van der Waals surface area contributed by atoms with Gasteiger partial charge in [0.25, 0.3) is 0 Å². The molecule has 0 bridgehead atoms. The van der Waals surface area contributed by atoms with Crippen LogP contribution in [0, 0.1) is 13.8 Å². The summed E-state index contributed by atoms with van der Waals surface area (Å²) in [6.07, 6.45) is 0. The zero-order valence-corrected chi connectivity index (χ0v) is 10.4. The van der Waals surface area contributed by atoms with Gasteiger partial charge in [-0.25, -0.2) is 0 Å². The van der Waals surface area contributed by atoms with Crippen LogP contribution in [0.4, 0.5) is 11.4 Å². The molecule has 1 heterocycles. The molecule has 0 saturated heterocycles. The molecule has 0 fully saturated rings. The second-order valence-electron chi connectivity index (χ2n) is 4.39. The Morgan fingerprint density at radius 3 is 2.53 bits per heavy atom. The fourth-order valence-electron chi connectivity index (χ4n) is 1.84. The van der Waals surface area contributed by atoms with Crippen LogP contribution in [0.2, 0.25) is 0 Å². The van der Waals surface area contributed by atoms with Gasteiger partial charge in [0.15, 0.2) is 0 Å². The Hall–Kier alpha value is -1.90. The van der Waals surface area contributed by atoms with E-state index in [-0.39, 0.29) is 6.04 Å². The summed E-state index contributed by atoms with van der Waals surface area (Å²) in [6, 6.07) is 9.98. The largest absolute Gasteiger partial charge is 0.464 e. The van der Waals surface area contributed by atoms with Crippen molar-refractivity contribution >= 4 is 11.4 Å². The lowest BCUT2D eigenvalue weighted by molar-refractivity contribution is 0.467. The van der Waals surface area contributed by atoms with E-state index in [4.69, 9.17) is 10.2 Å². The van der Waals surface area contributed by atoms with Crippen molar-refractivity contribution in [1.82, 2.24) is 0 Å². The first-order chi connectivity index (χ1) is 8.06. The van der Waals surface area contributed by atoms with Crippen LogP contribution in [0.5, 0.6) is 0 Å². The first kappa shape index (κ1) is 11.6. The average molecular weight is 230 g/mol. The molecule has 0 aliphatic carbocycles. The minimum atomic E-state index is 0.144. The number of hydrogen-bond acceptors (Lipinski definition) is 3. The molecule has 1 unspecified atom stereocenters. The molecule has 1 aromatic carbocycles. The molecule has 90 valence electrons. The minimum absolute atomic E-state index is 0.144. The van der Waals surface area contributed by atoms with Crippen molar-refractivity contribution in [2.24, 2.45) is 0 Å². The van der Waals surface area contributed by atoms with Crippen LogP contribution < -0.4 is 11.1 Å². The maximum atomic E-state index is 5.73. The molecule has 2 aromatic rings.